The van der Waals surface area contributed by atoms with E-state index in [1.807, 2.05) is 12.1 Å². The smallest absolute Gasteiger partial charge is 0.161 e. The lowest BCUT2D eigenvalue weighted by Crippen LogP contribution is -2.48. The summed E-state index contributed by atoms with van der Waals surface area (Å²) in [6, 6.07) is 14.8. The molecule has 0 aliphatic carbocycles. The van der Waals surface area contributed by atoms with Crippen LogP contribution in [0.25, 0.3) is 22.4 Å². The average Bonchev–Trinajstić information content (AvgIpc) is 3.32. The van der Waals surface area contributed by atoms with Crippen molar-refractivity contribution in [1.82, 2.24) is 19.4 Å². The maximum atomic E-state index is 5.57. The maximum absolute atomic E-state index is 5.57. The summed E-state index contributed by atoms with van der Waals surface area (Å²) in [4.78, 5) is 10.5. The molecule has 5 rings (SSSR count). The molecule has 3 aromatic rings. The Morgan fingerprint density at radius 2 is 1.49 bits per heavy atom. The van der Waals surface area contributed by atoms with Gasteiger partial charge in [-0.3, -0.25) is 0 Å². The van der Waals surface area contributed by atoms with E-state index in [9.17, 15) is 0 Å². The van der Waals surface area contributed by atoms with Crippen LogP contribution in [0.15, 0.2) is 36.4 Å². The van der Waals surface area contributed by atoms with Crippen molar-refractivity contribution in [3.63, 3.8) is 0 Å². The van der Waals surface area contributed by atoms with Crippen LogP contribution in [0.1, 0.15) is 70.9 Å². The second-order valence-corrected chi connectivity index (χ2v) is 11.4. The van der Waals surface area contributed by atoms with Crippen molar-refractivity contribution < 1.29 is 9.47 Å². The summed E-state index contributed by atoms with van der Waals surface area (Å²) < 4.78 is 13.4. The summed E-state index contributed by atoms with van der Waals surface area (Å²) in [6.07, 6.45) is 5.13. The van der Waals surface area contributed by atoms with Crippen LogP contribution in [0.5, 0.6) is 11.5 Å². The van der Waals surface area contributed by atoms with Crippen LogP contribution in [0.3, 0.4) is 0 Å². The molecule has 0 amide bonds. The van der Waals surface area contributed by atoms with Crippen molar-refractivity contribution >= 4 is 11.0 Å². The highest BCUT2D eigenvalue weighted by Crippen LogP contribution is 2.37. The summed E-state index contributed by atoms with van der Waals surface area (Å²) in [7, 11) is 3.35. The predicted molar refractivity (Wildman–Crippen MR) is 152 cm³/mol. The third kappa shape index (κ3) is 5.23. The molecule has 2 fully saturated rings. The van der Waals surface area contributed by atoms with Gasteiger partial charge in [-0.2, -0.15) is 0 Å². The molecule has 0 bridgehead atoms. The Hall–Kier alpha value is -2.57. The van der Waals surface area contributed by atoms with Crippen molar-refractivity contribution in [3.05, 3.63) is 42.0 Å². The zero-order valence-electron chi connectivity index (χ0n) is 23.5. The number of hydrogen-bond donors (Lipinski definition) is 0. The first-order chi connectivity index (χ1) is 17.9. The van der Waals surface area contributed by atoms with Gasteiger partial charge in [-0.1, -0.05) is 6.07 Å². The quantitative estimate of drug-likeness (QED) is 0.375. The van der Waals surface area contributed by atoms with Crippen LogP contribution < -0.4 is 9.47 Å². The molecule has 2 aliphatic heterocycles. The SMILES string of the molecule is COc1ccc(-c2nc3ccc(C4CCN(C5CCN(C(C)C)CC5)CC4)cc3n2C(C)C)cc1OC. The molecular formula is C31H44N4O2. The molecule has 0 saturated carbocycles. The highest BCUT2D eigenvalue weighted by molar-refractivity contribution is 5.82. The normalized spacial score (nSPS) is 18.8. The lowest BCUT2D eigenvalue weighted by molar-refractivity contribution is 0.0753. The first kappa shape index (κ1) is 26.1. The van der Waals surface area contributed by atoms with E-state index in [1.165, 1.54) is 62.9 Å². The van der Waals surface area contributed by atoms with E-state index in [0.29, 0.717) is 18.0 Å². The van der Waals surface area contributed by atoms with Gasteiger partial charge in [0.2, 0.25) is 0 Å². The Kier molecular flexibility index (Phi) is 7.77. The molecule has 200 valence electrons. The summed E-state index contributed by atoms with van der Waals surface area (Å²) >= 11 is 0. The Morgan fingerprint density at radius 1 is 0.784 bits per heavy atom. The number of nitrogens with zero attached hydrogens (tertiary/aromatic N) is 4. The summed E-state index contributed by atoms with van der Waals surface area (Å²) in [5, 5.41) is 0. The third-order valence-electron chi connectivity index (χ3n) is 8.62. The van der Waals surface area contributed by atoms with Gasteiger partial charge in [-0.15, -0.1) is 0 Å². The number of hydrogen-bond acceptors (Lipinski definition) is 5. The number of benzene rings is 2. The van der Waals surface area contributed by atoms with Gasteiger partial charge >= 0.3 is 0 Å². The molecule has 2 saturated heterocycles. The summed E-state index contributed by atoms with van der Waals surface area (Å²) in [5.74, 6) is 3.06. The Morgan fingerprint density at radius 3 is 2.11 bits per heavy atom. The van der Waals surface area contributed by atoms with E-state index >= 15 is 0 Å². The molecule has 2 aromatic carbocycles. The summed E-state index contributed by atoms with van der Waals surface area (Å²) in [6.45, 7) is 14.1. The van der Waals surface area contributed by atoms with Gasteiger partial charge in [0.05, 0.1) is 25.3 Å². The molecule has 2 aliphatic rings. The van der Waals surface area contributed by atoms with Crippen LogP contribution in [0.2, 0.25) is 0 Å². The van der Waals surface area contributed by atoms with Gasteiger partial charge in [0.15, 0.2) is 11.5 Å². The Labute approximate surface area is 222 Å². The molecule has 6 nitrogen and oxygen atoms in total. The molecule has 0 radical (unpaired) electrons. The van der Waals surface area contributed by atoms with E-state index in [2.05, 4.69) is 66.3 Å². The molecule has 0 spiro atoms. The Bertz CT molecular complexity index is 1200. The monoisotopic (exact) mass is 504 g/mol. The third-order valence-corrected chi connectivity index (χ3v) is 8.62. The van der Waals surface area contributed by atoms with E-state index < -0.39 is 0 Å². The molecule has 1 aromatic heterocycles. The molecule has 37 heavy (non-hydrogen) atoms. The lowest BCUT2D eigenvalue weighted by atomic mass is 9.87. The second kappa shape index (κ2) is 11.0. The fourth-order valence-electron chi connectivity index (χ4n) is 6.43. The van der Waals surface area contributed by atoms with Gasteiger partial charge in [-0.05, 0) is 121 Å². The fourth-order valence-corrected chi connectivity index (χ4v) is 6.43. The average molecular weight is 505 g/mol. The minimum atomic E-state index is 0.293. The zero-order valence-corrected chi connectivity index (χ0v) is 23.5. The number of aromatic nitrogens is 2. The number of methoxy groups -OCH3 is 2. The van der Waals surface area contributed by atoms with Gasteiger partial charge in [0.25, 0.3) is 0 Å². The Balaban J connectivity index is 1.35. The predicted octanol–water partition coefficient (Wildman–Crippen LogP) is 6.35. The number of ether oxygens (including phenoxy) is 2. The number of fused-ring (bicyclic) bond motifs is 1. The van der Waals surface area contributed by atoms with Crippen molar-refractivity contribution in [3.8, 4) is 22.9 Å². The maximum Gasteiger partial charge on any atom is 0.161 e. The topological polar surface area (TPSA) is 42.8 Å². The highest BCUT2D eigenvalue weighted by Gasteiger charge is 2.29. The standard InChI is InChI=1S/C31H44N4O2/c1-21(2)33-17-13-26(14-18-33)34-15-11-23(12-16-34)24-7-9-27-28(19-24)35(22(3)4)31(32-27)25-8-10-29(36-5)30(20-25)37-6/h7-10,19-23,26H,11-18H2,1-6H3. The molecule has 0 unspecified atom stereocenters. The van der Waals surface area contributed by atoms with Crippen LogP contribution in [-0.2, 0) is 0 Å². The molecular weight excluding hydrogens is 460 g/mol. The van der Waals surface area contributed by atoms with Gasteiger partial charge < -0.3 is 23.8 Å². The number of rotatable bonds is 7. The van der Waals surface area contributed by atoms with Gasteiger partial charge in [0.1, 0.15) is 5.82 Å². The van der Waals surface area contributed by atoms with Crippen LogP contribution in [0, 0.1) is 0 Å². The van der Waals surface area contributed by atoms with Gasteiger partial charge in [-0.25, -0.2) is 4.98 Å². The molecule has 6 heteroatoms. The van der Waals surface area contributed by atoms with E-state index in [0.717, 1.165) is 34.4 Å². The number of likely N-dealkylation sites (tertiary alicyclic amines) is 2. The van der Waals surface area contributed by atoms with Crippen LogP contribution in [-0.4, -0.2) is 71.8 Å². The van der Waals surface area contributed by atoms with Crippen LogP contribution >= 0.6 is 0 Å². The van der Waals surface area contributed by atoms with E-state index in [1.54, 1.807) is 14.2 Å². The largest absolute Gasteiger partial charge is 0.493 e. The lowest BCUT2D eigenvalue weighted by Gasteiger charge is -2.42. The zero-order chi connectivity index (χ0) is 26.1. The van der Waals surface area contributed by atoms with Crippen LogP contribution in [0.4, 0.5) is 0 Å². The summed E-state index contributed by atoms with van der Waals surface area (Å²) in [5.41, 5.74) is 4.78. The second-order valence-electron chi connectivity index (χ2n) is 11.4. The van der Waals surface area contributed by atoms with E-state index in [-0.39, 0.29) is 0 Å². The van der Waals surface area contributed by atoms with Crippen molar-refractivity contribution in [2.75, 3.05) is 40.4 Å². The van der Waals surface area contributed by atoms with Crippen molar-refractivity contribution in [2.24, 2.45) is 0 Å². The van der Waals surface area contributed by atoms with Crippen molar-refractivity contribution in [2.45, 2.75) is 77.4 Å². The first-order valence-corrected chi connectivity index (χ1v) is 14.1. The minimum absolute atomic E-state index is 0.293. The highest BCUT2D eigenvalue weighted by atomic mass is 16.5. The molecule has 0 N–H and O–H groups in total. The first-order valence-electron chi connectivity index (χ1n) is 14.1. The molecule has 3 heterocycles. The minimum Gasteiger partial charge on any atom is -0.493 e. The fraction of sp³-hybridized carbons (Fsp3) is 0.581. The van der Waals surface area contributed by atoms with Crippen molar-refractivity contribution in [1.29, 1.82) is 0 Å². The molecule has 0 atom stereocenters. The van der Waals surface area contributed by atoms with E-state index in [4.69, 9.17) is 14.5 Å². The van der Waals surface area contributed by atoms with Gasteiger partial charge in [0, 0.05) is 23.7 Å². The number of piperidine rings is 2. The number of imidazole rings is 1.